The Morgan fingerprint density at radius 3 is 2.15 bits per heavy atom. The van der Waals surface area contributed by atoms with Gasteiger partial charge in [-0.1, -0.05) is 0 Å². The third kappa shape index (κ3) is 4.71. The van der Waals surface area contributed by atoms with Crippen molar-refractivity contribution >= 4 is 17.4 Å². The molecular weight excluding hydrogens is 449 g/mol. The molecule has 1 saturated heterocycles. The van der Waals surface area contributed by atoms with E-state index in [0.717, 1.165) is 12.3 Å². The Bertz CT molecular complexity index is 1040. The molecule has 0 saturated carbocycles. The van der Waals surface area contributed by atoms with E-state index in [-0.39, 0.29) is 49.0 Å². The molecule has 0 N–H and O–H groups in total. The molecule has 1 aromatic heterocycles. The van der Waals surface area contributed by atoms with Gasteiger partial charge in [-0.05, 0) is 12.1 Å². The number of piperazine rings is 1. The average molecular weight is 470 g/mol. The van der Waals surface area contributed by atoms with E-state index in [4.69, 9.17) is 14.2 Å². The maximum Gasteiger partial charge on any atom is 0.417 e. The van der Waals surface area contributed by atoms with Gasteiger partial charge in [0.05, 0.1) is 31.8 Å². The molecule has 2 aromatic rings. The minimum Gasteiger partial charge on any atom is -0.493 e. The van der Waals surface area contributed by atoms with Crippen LogP contribution < -0.4 is 19.1 Å². The number of alkyl halides is 3. The largest absolute Gasteiger partial charge is 0.493 e. The second kappa shape index (κ2) is 9.38. The van der Waals surface area contributed by atoms with Crippen LogP contribution in [0.1, 0.15) is 15.9 Å². The van der Waals surface area contributed by atoms with E-state index in [9.17, 15) is 28.1 Å². The zero-order valence-electron chi connectivity index (χ0n) is 18.0. The van der Waals surface area contributed by atoms with Crippen molar-refractivity contribution in [3.05, 3.63) is 45.6 Å². The minimum atomic E-state index is -4.48. The topological polar surface area (TPSA) is 107 Å². The normalized spacial score (nSPS) is 14.1. The van der Waals surface area contributed by atoms with Gasteiger partial charge in [0.25, 0.3) is 5.91 Å². The summed E-state index contributed by atoms with van der Waals surface area (Å²) in [4.78, 5) is 31.2. The zero-order valence-corrected chi connectivity index (χ0v) is 18.0. The molecule has 0 atom stereocenters. The van der Waals surface area contributed by atoms with Crippen molar-refractivity contribution in [2.24, 2.45) is 0 Å². The first-order valence-electron chi connectivity index (χ1n) is 9.67. The van der Waals surface area contributed by atoms with Gasteiger partial charge in [-0.15, -0.1) is 0 Å². The van der Waals surface area contributed by atoms with E-state index >= 15 is 0 Å². The molecule has 10 nitrogen and oxygen atoms in total. The highest BCUT2D eigenvalue weighted by Gasteiger charge is 2.35. The Morgan fingerprint density at radius 1 is 1.06 bits per heavy atom. The fourth-order valence-corrected chi connectivity index (χ4v) is 3.54. The molecule has 3 rings (SSSR count). The Hall–Kier alpha value is -3.77. The van der Waals surface area contributed by atoms with Crippen molar-refractivity contribution in [3.63, 3.8) is 0 Å². The lowest BCUT2D eigenvalue weighted by atomic mass is 10.1. The molecule has 13 heteroatoms. The van der Waals surface area contributed by atoms with E-state index in [1.165, 1.54) is 38.4 Å². The SMILES string of the molecule is COc1cc(C(=O)N2CCN(c3ccc(C(F)(F)F)cn3)CC2)c([N+](=O)[O-])c(OC)c1OC. The first kappa shape index (κ1) is 23.9. The fourth-order valence-electron chi connectivity index (χ4n) is 3.54. The van der Waals surface area contributed by atoms with Gasteiger partial charge in [0.1, 0.15) is 11.4 Å². The van der Waals surface area contributed by atoms with Crippen LogP contribution in [0.4, 0.5) is 24.7 Å². The molecule has 0 unspecified atom stereocenters. The van der Waals surface area contributed by atoms with Gasteiger partial charge >= 0.3 is 11.9 Å². The van der Waals surface area contributed by atoms with Crippen molar-refractivity contribution < 1.29 is 37.1 Å². The lowest BCUT2D eigenvalue weighted by molar-refractivity contribution is -0.386. The summed E-state index contributed by atoms with van der Waals surface area (Å²) in [7, 11) is 3.84. The number of carbonyl (C=O) groups is 1. The number of anilines is 1. The first-order valence-corrected chi connectivity index (χ1v) is 9.67. The molecule has 0 bridgehead atoms. The fraction of sp³-hybridized carbons (Fsp3) is 0.400. The highest BCUT2D eigenvalue weighted by atomic mass is 19.4. The lowest BCUT2D eigenvalue weighted by Crippen LogP contribution is -2.49. The van der Waals surface area contributed by atoms with Crippen LogP contribution in [-0.4, -0.2) is 68.2 Å². The van der Waals surface area contributed by atoms with Crippen LogP contribution in [0, 0.1) is 10.1 Å². The smallest absolute Gasteiger partial charge is 0.417 e. The third-order valence-electron chi connectivity index (χ3n) is 5.18. The summed E-state index contributed by atoms with van der Waals surface area (Å²) >= 11 is 0. The molecule has 0 aliphatic carbocycles. The molecule has 33 heavy (non-hydrogen) atoms. The van der Waals surface area contributed by atoms with Gasteiger partial charge < -0.3 is 24.0 Å². The predicted octanol–water partition coefficient (Wildman–Crippen LogP) is 3.00. The third-order valence-corrected chi connectivity index (χ3v) is 5.18. The Morgan fingerprint density at radius 2 is 1.70 bits per heavy atom. The van der Waals surface area contributed by atoms with Crippen LogP contribution in [0.3, 0.4) is 0 Å². The van der Waals surface area contributed by atoms with E-state index in [1.807, 2.05) is 0 Å². The summed E-state index contributed by atoms with van der Waals surface area (Å²) in [5, 5.41) is 11.8. The van der Waals surface area contributed by atoms with Crippen LogP contribution in [0.2, 0.25) is 0 Å². The van der Waals surface area contributed by atoms with Crippen LogP contribution in [0.25, 0.3) is 0 Å². The first-order chi connectivity index (χ1) is 15.6. The van der Waals surface area contributed by atoms with Crippen molar-refractivity contribution in [2.75, 3.05) is 52.4 Å². The number of hydrogen-bond acceptors (Lipinski definition) is 8. The number of nitro benzene ring substituents is 1. The molecule has 1 amide bonds. The molecule has 1 aliphatic heterocycles. The number of nitro groups is 1. The molecule has 2 heterocycles. The van der Waals surface area contributed by atoms with Crippen LogP contribution in [0.5, 0.6) is 17.2 Å². The zero-order chi connectivity index (χ0) is 24.3. The minimum absolute atomic E-state index is 0.0125. The number of pyridine rings is 1. The maximum atomic E-state index is 13.2. The van der Waals surface area contributed by atoms with Gasteiger partial charge in [-0.25, -0.2) is 4.98 Å². The lowest BCUT2D eigenvalue weighted by Gasteiger charge is -2.35. The van der Waals surface area contributed by atoms with Crippen molar-refractivity contribution in [1.29, 1.82) is 0 Å². The van der Waals surface area contributed by atoms with Crippen molar-refractivity contribution in [1.82, 2.24) is 9.88 Å². The number of methoxy groups -OCH3 is 3. The van der Waals surface area contributed by atoms with Gasteiger partial charge in [0, 0.05) is 38.4 Å². The second-order valence-electron chi connectivity index (χ2n) is 6.98. The molecule has 178 valence electrons. The van der Waals surface area contributed by atoms with Crippen LogP contribution >= 0.6 is 0 Å². The number of hydrogen-bond donors (Lipinski definition) is 0. The van der Waals surface area contributed by atoms with Gasteiger partial charge in [0.15, 0.2) is 5.75 Å². The van der Waals surface area contributed by atoms with Gasteiger partial charge in [0.2, 0.25) is 11.5 Å². The van der Waals surface area contributed by atoms with E-state index in [0.29, 0.717) is 5.82 Å². The summed E-state index contributed by atoms with van der Waals surface area (Å²) < 4.78 is 53.7. The molecule has 1 aliphatic rings. The number of amides is 1. The van der Waals surface area contributed by atoms with Gasteiger partial charge in [-0.3, -0.25) is 14.9 Å². The highest BCUT2D eigenvalue weighted by Crippen LogP contribution is 2.46. The molecule has 0 radical (unpaired) electrons. The van der Waals surface area contributed by atoms with Crippen molar-refractivity contribution in [2.45, 2.75) is 6.18 Å². The summed E-state index contributed by atoms with van der Waals surface area (Å²) in [6.07, 6.45) is -3.72. The van der Waals surface area contributed by atoms with Crippen molar-refractivity contribution in [3.8, 4) is 17.2 Å². The number of carbonyl (C=O) groups excluding carboxylic acids is 1. The van der Waals surface area contributed by atoms with E-state index in [2.05, 4.69) is 4.98 Å². The highest BCUT2D eigenvalue weighted by molar-refractivity contribution is 6.00. The summed E-state index contributed by atoms with van der Waals surface area (Å²) in [6.45, 7) is 0.912. The van der Waals surface area contributed by atoms with E-state index < -0.39 is 28.3 Å². The Balaban J connectivity index is 1.83. The number of halogens is 3. The number of aromatic nitrogens is 1. The molecular formula is C20H21F3N4O6. The Kier molecular flexibility index (Phi) is 6.79. The second-order valence-corrected chi connectivity index (χ2v) is 6.98. The maximum absolute atomic E-state index is 13.2. The number of nitrogens with zero attached hydrogens (tertiary/aromatic N) is 4. The number of benzene rings is 1. The summed E-state index contributed by atoms with van der Waals surface area (Å²) in [5.74, 6) is -0.426. The monoisotopic (exact) mass is 470 g/mol. The van der Waals surface area contributed by atoms with Crippen LogP contribution in [-0.2, 0) is 6.18 Å². The average Bonchev–Trinajstić information content (AvgIpc) is 2.81. The molecule has 0 spiro atoms. The number of rotatable bonds is 6. The molecule has 1 fully saturated rings. The summed E-state index contributed by atoms with van der Waals surface area (Å²) in [6, 6.07) is 3.44. The quantitative estimate of drug-likeness (QED) is 0.469. The van der Waals surface area contributed by atoms with E-state index in [1.54, 1.807) is 4.90 Å². The predicted molar refractivity (Wildman–Crippen MR) is 110 cm³/mol. The molecule has 1 aromatic carbocycles. The summed E-state index contributed by atoms with van der Waals surface area (Å²) in [5.41, 5.74) is -1.63. The standard InChI is InChI=1S/C20H21F3N4O6/c1-31-14-10-13(16(27(29)30)18(33-3)17(14)32-2)19(28)26-8-6-25(7-9-26)15-5-4-12(11-24-15)20(21,22)23/h4-5,10-11H,6-9H2,1-3H3. The number of ether oxygens (including phenoxy) is 3. The Labute approximate surface area is 186 Å². The van der Waals surface area contributed by atoms with Crippen LogP contribution in [0.15, 0.2) is 24.4 Å². The van der Waals surface area contributed by atoms with Gasteiger partial charge in [-0.2, -0.15) is 13.2 Å².